The van der Waals surface area contributed by atoms with Crippen LogP contribution in [0.2, 0.25) is 0 Å². The van der Waals surface area contributed by atoms with Gasteiger partial charge >= 0.3 is 5.97 Å². The number of Topliss-reactive ketones (excluding diaryl/α,β-unsaturated/α-hetero) is 2. The molecule has 2 aliphatic heterocycles. The first kappa shape index (κ1) is 31.1. The predicted octanol–water partition coefficient (Wildman–Crippen LogP) is 4.91. The Labute approximate surface area is 251 Å². The summed E-state index contributed by atoms with van der Waals surface area (Å²) in [6.07, 6.45) is 0.376. The standard InChI is InChI=1S/C31H36N2O6S.ClH/c1-19(32-28(29(36)37)38-21-11-9-20(10-12-21)30(2,3)4)17-33-15-13-31(14-16-33)18-40-27-25(35)24(34)22-7-5-6-8-23(22)26(27)39-31;/h5-12,19,28,32H,13-18H2,1-4H3,(H,36,37);1H/t19-,28?;/m0./s1. The third-order valence-corrected chi connectivity index (χ3v) is 9.10. The van der Waals surface area contributed by atoms with E-state index in [0.717, 1.165) is 31.5 Å². The third-order valence-electron chi connectivity index (χ3n) is 7.77. The van der Waals surface area contributed by atoms with E-state index in [1.54, 1.807) is 12.1 Å². The molecule has 0 radical (unpaired) electrons. The van der Waals surface area contributed by atoms with Crippen LogP contribution in [0.5, 0.6) is 5.75 Å². The van der Waals surface area contributed by atoms with E-state index < -0.39 is 29.4 Å². The Morgan fingerprint density at radius 1 is 1.07 bits per heavy atom. The number of nitrogens with zero attached hydrogens (tertiary/aromatic N) is 1. The van der Waals surface area contributed by atoms with Crippen molar-refractivity contribution >= 4 is 47.5 Å². The van der Waals surface area contributed by atoms with E-state index >= 15 is 0 Å². The fourth-order valence-electron chi connectivity index (χ4n) is 5.43. The molecular formula is C31H37ClN2O6S. The second-order valence-electron chi connectivity index (χ2n) is 11.9. The quantitative estimate of drug-likeness (QED) is 0.339. The number of fused-ring (bicyclic) bond motifs is 2. The molecule has 3 aliphatic rings. The van der Waals surface area contributed by atoms with Gasteiger partial charge in [0.05, 0.1) is 0 Å². The molecule has 2 atom stereocenters. The number of halogens is 1. The van der Waals surface area contributed by atoms with Gasteiger partial charge in [-0.25, -0.2) is 4.79 Å². The predicted molar refractivity (Wildman–Crippen MR) is 162 cm³/mol. The minimum atomic E-state index is -1.17. The van der Waals surface area contributed by atoms with E-state index in [-0.39, 0.29) is 23.9 Å². The number of hydrogen-bond donors (Lipinski definition) is 2. The van der Waals surface area contributed by atoms with Crippen LogP contribution in [0.25, 0.3) is 5.76 Å². The highest BCUT2D eigenvalue weighted by Crippen LogP contribution is 2.47. The summed E-state index contributed by atoms with van der Waals surface area (Å²) in [6, 6.07) is 14.6. The van der Waals surface area contributed by atoms with Crippen LogP contribution >= 0.6 is 24.2 Å². The van der Waals surface area contributed by atoms with E-state index in [0.29, 0.717) is 39.8 Å². The third kappa shape index (κ3) is 6.64. The number of likely N-dealkylation sites (tertiary alicyclic amines) is 1. The number of ether oxygens (including phenoxy) is 2. The first-order valence-corrected chi connectivity index (χ1v) is 14.7. The molecule has 2 aromatic rings. The van der Waals surface area contributed by atoms with Gasteiger partial charge in [0.15, 0.2) is 0 Å². The number of piperidine rings is 1. The van der Waals surface area contributed by atoms with Crippen LogP contribution in [0, 0.1) is 0 Å². The summed E-state index contributed by atoms with van der Waals surface area (Å²) in [4.78, 5) is 39.9. The van der Waals surface area contributed by atoms with Gasteiger partial charge in [-0.2, -0.15) is 0 Å². The van der Waals surface area contributed by atoms with Gasteiger partial charge in [-0.1, -0.05) is 57.2 Å². The number of carbonyl (C=O) groups excluding carboxylic acids is 2. The number of ketones is 2. The number of aliphatic carboxylic acids is 1. The molecule has 41 heavy (non-hydrogen) atoms. The zero-order valence-corrected chi connectivity index (χ0v) is 25.4. The molecular weight excluding hydrogens is 564 g/mol. The van der Waals surface area contributed by atoms with Gasteiger partial charge in [-0.05, 0) is 30.0 Å². The van der Waals surface area contributed by atoms with E-state index in [1.807, 2.05) is 43.3 Å². The van der Waals surface area contributed by atoms with Crippen LogP contribution in [0.1, 0.15) is 62.0 Å². The monoisotopic (exact) mass is 600 g/mol. The minimum absolute atomic E-state index is 0. The smallest absolute Gasteiger partial charge is 0.360 e. The summed E-state index contributed by atoms with van der Waals surface area (Å²) < 4.78 is 12.3. The lowest BCUT2D eigenvalue weighted by Gasteiger charge is -2.45. The van der Waals surface area contributed by atoms with Crippen molar-refractivity contribution in [2.75, 3.05) is 25.4 Å². The molecule has 220 valence electrons. The molecule has 2 N–H and O–H groups in total. The number of nitrogens with one attached hydrogen (secondary N) is 1. The Balaban J connectivity index is 0.00000387. The Bertz CT molecular complexity index is 1350. The Hall–Kier alpha value is -2.85. The van der Waals surface area contributed by atoms with E-state index in [1.165, 1.54) is 11.8 Å². The molecule has 8 nitrogen and oxygen atoms in total. The number of carboxylic acids is 1. The molecule has 10 heteroatoms. The number of thioether (sulfide) groups is 1. The highest BCUT2D eigenvalue weighted by atomic mass is 35.5. The van der Waals surface area contributed by atoms with Crippen molar-refractivity contribution in [2.45, 2.75) is 63.8 Å². The lowest BCUT2D eigenvalue weighted by Crippen LogP contribution is -2.54. The molecule has 1 saturated heterocycles. The van der Waals surface area contributed by atoms with Crippen LogP contribution in [0.15, 0.2) is 53.4 Å². The van der Waals surface area contributed by atoms with Crippen LogP contribution in [0.4, 0.5) is 0 Å². The average Bonchev–Trinajstić information content (AvgIpc) is 2.92. The molecule has 1 fully saturated rings. The first-order valence-electron chi connectivity index (χ1n) is 13.7. The zero-order chi connectivity index (χ0) is 28.7. The molecule has 1 aliphatic carbocycles. The lowest BCUT2D eigenvalue weighted by molar-refractivity contribution is -0.147. The minimum Gasteiger partial charge on any atom is -0.484 e. The average molecular weight is 601 g/mol. The highest BCUT2D eigenvalue weighted by molar-refractivity contribution is 8.04. The van der Waals surface area contributed by atoms with Crippen LogP contribution in [0.3, 0.4) is 0 Å². The molecule has 0 amide bonds. The Morgan fingerprint density at radius 2 is 1.71 bits per heavy atom. The second kappa shape index (κ2) is 12.2. The van der Waals surface area contributed by atoms with Crippen molar-refractivity contribution < 1.29 is 29.0 Å². The maximum Gasteiger partial charge on any atom is 0.360 e. The number of benzene rings is 2. The summed E-state index contributed by atoms with van der Waals surface area (Å²) in [5, 5.41) is 12.9. The van der Waals surface area contributed by atoms with Gasteiger partial charge in [0, 0.05) is 55.4 Å². The number of carbonyl (C=O) groups is 3. The number of allylic oxidation sites excluding steroid dienone is 1. The largest absolute Gasteiger partial charge is 0.484 e. The zero-order valence-electron chi connectivity index (χ0n) is 23.8. The summed E-state index contributed by atoms with van der Waals surface area (Å²) in [7, 11) is 0. The van der Waals surface area contributed by atoms with Crippen molar-refractivity contribution in [2.24, 2.45) is 0 Å². The van der Waals surface area contributed by atoms with Crippen molar-refractivity contribution in [3.63, 3.8) is 0 Å². The SMILES string of the molecule is C[C@@H](CN1CCC2(CC1)CSC1=C(O2)c2ccccc2C(=O)C1=O)NC(Oc1ccc(C(C)(C)C)cc1)C(=O)O.Cl. The summed E-state index contributed by atoms with van der Waals surface area (Å²) in [5.41, 5.74) is 1.85. The summed E-state index contributed by atoms with van der Waals surface area (Å²) in [5.74, 6) is -0.351. The molecule has 1 spiro atoms. The molecule has 0 saturated carbocycles. The molecule has 2 aromatic carbocycles. The number of rotatable bonds is 7. The van der Waals surface area contributed by atoms with Crippen molar-refractivity contribution in [3.8, 4) is 5.75 Å². The molecule has 5 rings (SSSR count). The topological polar surface area (TPSA) is 105 Å². The van der Waals surface area contributed by atoms with Crippen molar-refractivity contribution in [1.82, 2.24) is 10.2 Å². The van der Waals surface area contributed by atoms with Crippen LogP contribution in [-0.4, -0.2) is 70.8 Å². The fourth-order valence-corrected chi connectivity index (χ4v) is 6.69. The maximum atomic E-state index is 12.7. The summed E-state index contributed by atoms with van der Waals surface area (Å²) in [6.45, 7) is 10.5. The normalized spacial score (nSPS) is 19.9. The van der Waals surface area contributed by atoms with Gasteiger partial charge in [0.2, 0.25) is 17.8 Å². The molecule has 1 unspecified atom stereocenters. The van der Waals surface area contributed by atoms with E-state index in [4.69, 9.17) is 9.47 Å². The number of hydrogen-bond acceptors (Lipinski definition) is 8. The van der Waals surface area contributed by atoms with Crippen LogP contribution in [-0.2, 0) is 19.7 Å². The van der Waals surface area contributed by atoms with Gasteiger partial charge < -0.3 is 19.5 Å². The first-order chi connectivity index (χ1) is 19.0. The Morgan fingerprint density at radius 3 is 2.32 bits per heavy atom. The molecule has 0 aromatic heterocycles. The summed E-state index contributed by atoms with van der Waals surface area (Å²) >= 11 is 1.43. The van der Waals surface area contributed by atoms with Gasteiger partial charge in [-0.3, -0.25) is 14.9 Å². The lowest BCUT2D eigenvalue weighted by atomic mass is 9.87. The Kier molecular flexibility index (Phi) is 9.23. The van der Waals surface area contributed by atoms with Crippen molar-refractivity contribution in [3.05, 3.63) is 70.1 Å². The van der Waals surface area contributed by atoms with E-state index in [9.17, 15) is 19.5 Å². The van der Waals surface area contributed by atoms with Gasteiger partial charge in [0.1, 0.15) is 22.0 Å². The number of carboxylic acid groups (broad SMARTS) is 1. The fraction of sp³-hybridized carbons (Fsp3) is 0.452. The highest BCUT2D eigenvalue weighted by Gasteiger charge is 2.46. The van der Waals surface area contributed by atoms with Gasteiger partial charge in [0.25, 0.3) is 0 Å². The van der Waals surface area contributed by atoms with Gasteiger partial charge in [-0.15, -0.1) is 24.2 Å². The second-order valence-corrected chi connectivity index (χ2v) is 12.9. The van der Waals surface area contributed by atoms with E-state index in [2.05, 4.69) is 31.0 Å². The maximum absolute atomic E-state index is 12.7. The molecule has 2 heterocycles. The molecule has 0 bridgehead atoms. The van der Waals surface area contributed by atoms with Crippen molar-refractivity contribution in [1.29, 1.82) is 0 Å². The van der Waals surface area contributed by atoms with Crippen LogP contribution < -0.4 is 10.1 Å².